The predicted octanol–water partition coefficient (Wildman–Crippen LogP) is 1.91. The maximum absolute atomic E-state index is 12.8. The number of urea groups is 1. The average Bonchev–Trinajstić information content (AvgIpc) is 3.87. The molecule has 14 heteroatoms. The van der Waals surface area contributed by atoms with Gasteiger partial charge in [-0.25, -0.2) is 9.59 Å². The molecule has 7 atom stereocenters. The summed E-state index contributed by atoms with van der Waals surface area (Å²) in [5, 5.41) is 7.73. The number of epoxide rings is 2. The van der Waals surface area contributed by atoms with Crippen molar-refractivity contribution in [3.05, 3.63) is 11.6 Å². The van der Waals surface area contributed by atoms with Crippen LogP contribution in [0.15, 0.2) is 11.6 Å². The van der Waals surface area contributed by atoms with Crippen LogP contribution in [0, 0.1) is 11.3 Å². The fourth-order valence-corrected chi connectivity index (χ4v) is 6.61. The lowest BCUT2D eigenvalue weighted by molar-refractivity contribution is -0.145. The smallest absolute Gasteiger partial charge is 0.329 e. The second-order valence-corrected chi connectivity index (χ2v) is 14.4. The molecule has 254 valence electrons. The molecule has 13 nitrogen and oxygen atoms in total. The first-order valence-electron chi connectivity index (χ1n) is 15.2. The molecule has 0 radical (unpaired) electrons. The summed E-state index contributed by atoms with van der Waals surface area (Å²) < 4.78 is 28.0. The Morgan fingerprint density at radius 3 is 2.36 bits per heavy atom. The van der Waals surface area contributed by atoms with Gasteiger partial charge in [0.2, 0.25) is 11.8 Å². The van der Waals surface area contributed by atoms with Crippen LogP contribution in [0.5, 0.6) is 0 Å². The van der Waals surface area contributed by atoms with E-state index in [0.717, 1.165) is 24.6 Å². The Morgan fingerprint density at radius 2 is 1.78 bits per heavy atom. The van der Waals surface area contributed by atoms with Crippen LogP contribution in [0.1, 0.15) is 60.8 Å². The van der Waals surface area contributed by atoms with Gasteiger partial charge in [-0.3, -0.25) is 19.7 Å². The maximum Gasteiger partial charge on any atom is 0.329 e. The largest absolute Gasteiger partial charge is 0.467 e. The fourth-order valence-electron chi connectivity index (χ4n) is 5.78. The molecule has 3 rings (SSSR count). The molecular formula is C31H49N3O10S. The van der Waals surface area contributed by atoms with Gasteiger partial charge in [-0.2, -0.15) is 0 Å². The monoisotopic (exact) mass is 655 g/mol. The summed E-state index contributed by atoms with van der Waals surface area (Å²) >= 11 is 1.04. The highest BCUT2D eigenvalue weighted by atomic mass is 32.2. The van der Waals surface area contributed by atoms with E-state index in [0.29, 0.717) is 13.0 Å². The number of imide groups is 1. The minimum atomic E-state index is -1.05. The molecule has 0 aromatic heterocycles. The molecule has 0 bridgehead atoms. The average molecular weight is 656 g/mol. The molecule has 1 unspecified atom stereocenters. The van der Waals surface area contributed by atoms with E-state index < -0.39 is 47.5 Å². The first kappa shape index (κ1) is 36.9. The number of carbonyl (C=O) groups is 5. The second-order valence-electron chi connectivity index (χ2n) is 13.3. The van der Waals surface area contributed by atoms with Crippen LogP contribution in [0.4, 0.5) is 4.79 Å². The Kier molecular flexibility index (Phi) is 12.6. The van der Waals surface area contributed by atoms with Crippen molar-refractivity contribution in [3.8, 4) is 0 Å². The molecule has 3 aliphatic rings. The number of carbonyl (C=O) groups excluding carboxylic acids is 5. The number of ketones is 1. The van der Waals surface area contributed by atoms with Gasteiger partial charge in [-0.05, 0) is 40.0 Å². The van der Waals surface area contributed by atoms with Crippen LogP contribution in [0.2, 0.25) is 0 Å². The number of Topliss-reactive ketones (excluding diaryl/α,β-unsaturated/α-hetero) is 1. The number of hydrogen-bond donors (Lipinski definition) is 3. The van der Waals surface area contributed by atoms with Gasteiger partial charge in [0, 0.05) is 24.2 Å². The quantitative estimate of drug-likeness (QED) is 0.134. The van der Waals surface area contributed by atoms with Crippen LogP contribution in [0.3, 0.4) is 0 Å². The van der Waals surface area contributed by atoms with E-state index in [1.54, 1.807) is 27.9 Å². The number of methoxy groups -OCH3 is 2. The number of allylic oxidation sites excluding steroid dienone is 1. The van der Waals surface area contributed by atoms with Gasteiger partial charge >= 0.3 is 12.0 Å². The van der Waals surface area contributed by atoms with Gasteiger partial charge in [-0.15, -0.1) is 11.8 Å². The highest BCUT2D eigenvalue weighted by molar-refractivity contribution is 8.00. The van der Waals surface area contributed by atoms with E-state index >= 15 is 0 Å². The third kappa shape index (κ3) is 9.98. The van der Waals surface area contributed by atoms with Crippen molar-refractivity contribution in [2.24, 2.45) is 11.3 Å². The first-order valence-corrected chi connectivity index (χ1v) is 16.4. The summed E-state index contributed by atoms with van der Waals surface area (Å²) in [6.45, 7) is 11.4. The molecule has 1 saturated carbocycles. The zero-order valence-electron chi connectivity index (χ0n) is 27.6. The van der Waals surface area contributed by atoms with Crippen LogP contribution < -0.4 is 16.0 Å². The highest BCUT2D eigenvalue weighted by Crippen LogP contribution is 2.59. The molecule has 3 fully saturated rings. The Bertz CT molecular complexity index is 1150. The molecule has 4 amide bonds. The van der Waals surface area contributed by atoms with Crippen LogP contribution in [-0.2, 0) is 42.9 Å². The lowest BCUT2D eigenvalue weighted by Gasteiger charge is -2.43. The van der Waals surface area contributed by atoms with Crippen LogP contribution in [-0.4, -0.2) is 111 Å². The van der Waals surface area contributed by atoms with Gasteiger partial charge in [0.25, 0.3) is 0 Å². The van der Waals surface area contributed by atoms with E-state index in [2.05, 4.69) is 42.8 Å². The number of rotatable bonds is 15. The standard InChI is InChI=1S/C31H49N3O10S/c1-18(2)9-10-22-30(6,44-22)26-25(40-7)19(11-12-31(26)17-43-31)33-28(39)34-24(37)16-45-15-20(27(38)41-8)32-23(36)14-42-13-21(35)29(3,4)5/h9,19-20,22,25-26H,10-17H2,1-8H3,(H,32,36)(H2,33,34,37,39)/t19-,20?,22-,25-,26-,30-,31+/m1/s1. The molecule has 2 saturated heterocycles. The zero-order valence-corrected chi connectivity index (χ0v) is 28.4. The number of amides is 4. The van der Waals surface area contributed by atoms with E-state index in [4.69, 9.17) is 23.7 Å². The van der Waals surface area contributed by atoms with Gasteiger partial charge in [-0.1, -0.05) is 32.4 Å². The van der Waals surface area contributed by atoms with Crippen molar-refractivity contribution in [1.29, 1.82) is 0 Å². The summed E-state index contributed by atoms with van der Waals surface area (Å²) in [6, 6.07) is -2.07. The molecule has 2 aliphatic heterocycles. The summed E-state index contributed by atoms with van der Waals surface area (Å²) in [5.41, 5.74) is -0.167. The second kappa shape index (κ2) is 15.4. The molecular weight excluding hydrogens is 606 g/mol. The Hall–Kier alpha value is -2.52. The summed E-state index contributed by atoms with van der Waals surface area (Å²) in [5.74, 6) is -2.28. The molecule has 1 spiro atoms. The molecule has 45 heavy (non-hydrogen) atoms. The number of thioether (sulfide) groups is 1. The number of hydrogen-bond acceptors (Lipinski definition) is 11. The lowest BCUT2D eigenvalue weighted by atomic mass is 9.67. The third-order valence-corrected chi connectivity index (χ3v) is 9.54. The van der Waals surface area contributed by atoms with Crippen molar-refractivity contribution in [1.82, 2.24) is 16.0 Å². The Morgan fingerprint density at radius 1 is 1.09 bits per heavy atom. The fraction of sp³-hybridized carbons (Fsp3) is 0.774. The van der Waals surface area contributed by atoms with E-state index in [-0.39, 0.29) is 53.7 Å². The van der Waals surface area contributed by atoms with Crippen LogP contribution >= 0.6 is 11.8 Å². The van der Waals surface area contributed by atoms with E-state index in [1.165, 1.54) is 12.7 Å². The Labute approximate surface area is 269 Å². The van der Waals surface area contributed by atoms with Gasteiger partial charge < -0.3 is 34.3 Å². The molecule has 1 aliphatic carbocycles. The third-order valence-electron chi connectivity index (χ3n) is 8.50. The summed E-state index contributed by atoms with van der Waals surface area (Å²) in [6.07, 6.45) is 3.96. The Balaban J connectivity index is 1.47. The van der Waals surface area contributed by atoms with E-state index in [9.17, 15) is 24.0 Å². The minimum Gasteiger partial charge on any atom is -0.467 e. The molecule has 0 aromatic carbocycles. The van der Waals surface area contributed by atoms with Crippen molar-refractivity contribution in [3.63, 3.8) is 0 Å². The zero-order chi connectivity index (χ0) is 33.6. The lowest BCUT2D eigenvalue weighted by Crippen LogP contribution is -2.60. The van der Waals surface area contributed by atoms with Crippen LogP contribution in [0.25, 0.3) is 0 Å². The summed E-state index contributed by atoms with van der Waals surface area (Å²) in [7, 11) is 2.79. The first-order chi connectivity index (χ1) is 21.1. The van der Waals surface area contributed by atoms with Crippen molar-refractivity contribution in [2.75, 3.05) is 45.5 Å². The van der Waals surface area contributed by atoms with Crippen molar-refractivity contribution < 1.29 is 47.7 Å². The van der Waals surface area contributed by atoms with Gasteiger partial charge in [0.15, 0.2) is 5.78 Å². The topological polar surface area (TPSA) is 174 Å². The summed E-state index contributed by atoms with van der Waals surface area (Å²) in [4.78, 5) is 61.8. The van der Waals surface area contributed by atoms with Gasteiger partial charge in [0.1, 0.15) is 24.9 Å². The number of ether oxygens (including phenoxy) is 5. The SMILES string of the molecule is COC(=O)C(CSCC(=O)NC(=O)N[C@@H]1CC[C@]2(CO2)[C@@H]([C@]2(C)O[C@@H]2CC=C(C)C)[C@@H]1OC)NC(=O)COCC(=O)C(C)(C)C. The van der Waals surface area contributed by atoms with E-state index in [1.807, 2.05) is 0 Å². The predicted molar refractivity (Wildman–Crippen MR) is 167 cm³/mol. The number of esters is 1. The highest BCUT2D eigenvalue weighted by Gasteiger charge is 2.71. The van der Waals surface area contributed by atoms with Gasteiger partial charge in [0.05, 0.1) is 43.3 Å². The van der Waals surface area contributed by atoms with Crippen molar-refractivity contribution >= 4 is 41.4 Å². The van der Waals surface area contributed by atoms with Crippen molar-refractivity contribution in [2.45, 2.75) is 96.3 Å². The molecule has 0 aromatic rings. The normalized spacial score (nSPS) is 29.2. The number of nitrogens with one attached hydrogen (secondary N) is 3. The maximum atomic E-state index is 12.8. The molecule has 2 heterocycles. The molecule has 3 N–H and O–H groups in total. The minimum absolute atomic E-state index is 0.0129.